The number of H-pyrrole nitrogens is 1. The van der Waals surface area contributed by atoms with Gasteiger partial charge in [-0.25, -0.2) is 9.98 Å². The van der Waals surface area contributed by atoms with Crippen molar-refractivity contribution in [3.8, 4) is 22.9 Å². The number of nitrogens with one attached hydrogen (secondary N) is 2. The fraction of sp³-hybridized carbons (Fsp3) is 0.250. The summed E-state index contributed by atoms with van der Waals surface area (Å²) in [6.07, 6.45) is 1.48. The molecule has 0 atom stereocenters. The lowest BCUT2D eigenvalue weighted by atomic mass is 10.1. The van der Waals surface area contributed by atoms with Crippen molar-refractivity contribution in [3.63, 3.8) is 0 Å². The van der Waals surface area contributed by atoms with E-state index in [0.717, 1.165) is 16.9 Å². The van der Waals surface area contributed by atoms with Gasteiger partial charge in [-0.3, -0.25) is 5.10 Å². The van der Waals surface area contributed by atoms with Crippen LogP contribution in [0.25, 0.3) is 11.4 Å². The van der Waals surface area contributed by atoms with Crippen molar-refractivity contribution in [1.82, 2.24) is 15.2 Å². The summed E-state index contributed by atoms with van der Waals surface area (Å²) in [4.78, 5) is 8.59. The van der Waals surface area contributed by atoms with Gasteiger partial charge in [0, 0.05) is 11.6 Å². The van der Waals surface area contributed by atoms with Gasteiger partial charge in [-0.2, -0.15) is 5.10 Å². The summed E-state index contributed by atoms with van der Waals surface area (Å²) in [5, 5.41) is 9.83. The number of anilines is 1. The molecule has 0 radical (unpaired) electrons. The van der Waals surface area contributed by atoms with Gasteiger partial charge in [0.2, 0.25) is 0 Å². The molecule has 0 fully saturated rings. The third-order valence-electron chi connectivity index (χ3n) is 3.87. The van der Waals surface area contributed by atoms with Crippen LogP contribution in [0.2, 0.25) is 0 Å². The Morgan fingerprint density at radius 1 is 1.14 bits per heavy atom. The van der Waals surface area contributed by atoms with Crippen LogP contribution in [-0.2, 0) is 6.54 Å². The molecule has 3 rings (SSSR count). The number of hydrogen-bond donors (Lipinski definition) is 3. The second-order valence-electron chi connectivity index (χ2n) is 5.88. The van der Waals surface area contributed by atoms with Crippen molar-refractivity contribution < 1.29 is 9.47 Å². The molecule has 0 spiro atoms. The molecular formula is C20H25IN6O2. The summed E-state index contributed by atoms with van der Waals surface area (Å²) in [6.45, 7) is 5.42. The smallest absolute Gasteiger partial charge is 0.193 e. The number of rotatable bonds is 8. The Kier molecular flexibility index (Phi) is 8.71. The van der Waals surface area contributed by atoms with E-state index in [1.807, 2.05) is 56.3 Å². The zero-order valence-corrected chi connectivity index (χ0v) is 18.7. The summed E-state index contributed by atoms with van der Waals surface area (Å²) < 4.78 is 11.2. The lowest BCUT2D eigenvalue weighted by molar-refractivity contribution is 0.332. The van der Waals surface area contributed by atoms with Gasteiger partial charge >= 0.3 is 0 Å². The first-order valence-electron chi connectivity index (χ1n) is 9.10. The van der Waals surface area contributed by atoms with Gasteiger partial charge in [-0.1, -0.05) is 18.2 Å². The molecule has 0 amide bonds. The highest BCUT2D eigenvalue weighted by atomic mass is 127. The van der Waals surface area contributed by atoms with Crippen molar-refractivity contribution in [3.05, 3.63) is 54.4 Å². The third-order valence-corrected chi connectivity index (χ3v) is 3.87. The van der Waals surface area contributed by atoms with Crippen molar-refractivity contribution in [2.24, 2.45) is 10.7 Å². The number of ether oxygens (including phenoxy) is 2. The number of nitrogens with two attached hydrogens (primary N) is 1. The number of halogens is 1. The van der Waals surface area contributed by atoms with Gasteiger partial charge in [-0.15, -0.1) is 24.0 Å². The van der Waals surface area contributed by atoms with Crippen LogP contribution in [-0.4, -0.2) is 34.4 Å². The number of benzene rings is 2. The molecule has 0 saturated carbocycles. The fourth-order valence-electron chi connectivity index (χ4n) is 2.66. The van der Waals surface area contributed by atoms with Gasteiger partial charge in [0.1, 0.15) is 17.8 Å². The second-order valence-corrected chi connectivity index (χ2v) is 5.88. The average molecular weight is 508 g/mol. The highest BCUT2D eigenvalue weighted by molar-refractivity contribution is 14.0. The topological polar surface area (TPSA) is 110 Å². The number of hydrogen-bond acceptors (Lipinski definition) is 5. The predicted octanol–water partition coefficient (Wildman–Crippen LogP) is 3.81. The van der Waals surface area contributed by atoms with E-state index in [1.165, 1.54) is 6.33 Å². The Hall–Kier alpha value is -2.82. The second kappa shape index (κ2) is 11.2. The first-order chi connectivity index (χ1) is 13.7. The van der Waals surface area contributed by atoms with E-state index in [0.29, 0.717) is 43.0 Å². The predicted molar refractivity (Wildman–Crippen MR) is 125 cm³/mol. The van der Waals surface area contributed by atoms with Gasteiger partial charge in [0.15, 0.2) is 11.8 Å². The zero-order chi connectivity index (χ0) is 19.8. The van der Waals surface area contributed by atoms with Crippen LogP contribution in [0, 0.1) is 0 Å². The van der Waals surface area contributed by atoms with Gasteiger partial charge < -0.3 is 20.5 Å². The number of aliphatic imine (C=N–C) groups is 1. The number of guanidine groups is 1. The van der Waals surface area contributed by atoms with Crippen molar-refractivity contribution in [2.75, 3.05) is 18.5 Å². The molecule has 0 aliphatic heterocycles. The van der Waals surface area contributed by atoms with Gasteiger partial charge in [0.25, 0.3) is 0 Å². The van der Waals surface area contributed by atoms with Crippen LogP contribution in [0.1, 0.15) is 19.4 Å². The molecule has 0 aliphatic carbocycles. The SMILES string of the molecule is CCOc1ccc(OCC)c(NC(N)=NCc2cccc(-c3ncn[nH]3)c2)c1.I. The highest BCUT2D eigenvalue weighted by Gasteiger charge is 2.07. The molecule has 9 heteroatoms. The average Bonchev–Trinajstić information content (AvgIpc) is 3.24. The molecule has 1 heterocycles. The maximum Gasteiger partial charge on any atom is 0.193 e. The molecule has 4 N–H and O–H groups in total. The molecule has 1 aromatic heterocycles. The Balaban J connectivity index is 0.00000300. The van der Waals surface area contributed by atoms with Crippen LogP contribution < -0.4 is 20.5 Å². The molecule has 3 aromatic rings. The van der Waals surface area contributed by atoms with Crippen LogP contribution in [0.4, 0.5) is 5.69 Å². The highest BCUT2D eigenvalue weighted by Crippen LogP contribution is 2.29. The minimum atomic E-state index is 0. The zero-order valence-electron chi connectivity index (χ0n) is 16.4. The first kappa shape index (κ1) is 22.5. The standard InChI is InChI=1S/C20H24N6O2.HI/c1-3-27-16-8-9-18(28-4-2)17(11-16)25-20(21)22-12-14-6-5-7-15(10-14)19-23-13-24-26-19;/h5-11,13H,3-4,12H2,1-2H3,(H3,21,22,25)(H,23,24,26);1H. The lowest BCUT2D eigenvalue weighted by Crippen LogP contribution is -2.23. The molecule has 2 aromatic carbocycles. The molecule has 0 saturated heterocycles. The fourth-order valence-corrected chi connectivity index (χ4v) is 2.66. The van der Waals surface area contributed by atoms with Crippen molar-refractivity contribution >= 4 is 35.6 Å². The maximum atomic E-state index is 6.09. The van der Waals surface area contributed by atoms with E-state index in [-0.39, 0.29) is 24.0 Å². The van der Waals surface area contributed by atoms with Crippen LogP contribution in [0.5, 0.6) is 11.5 Å². The molecule has 154 valence electrons. The summed E-state index contributed by atoms with van der Waals surface area (Å²) in [7, 11) is 0. The Morgan fingerprint density at radius 2 is 1.97 bits per heavy atom. The van der Waals surface area contributed by atoms with Crippen molar-refractivity contribution in [1.29, 1.82) is 0 Å². The summed E-state index contributed by atoms with van der Waals surface area (Å²) >= 11 is 0. The Bertz CT molecular complexity index is 930. The van der Waals surface area contributed by atoms with Crippen LogP contribution >= 0.6 is 24.0 Å². The molecular weight excluding hydrogens is 483 g/mol. The number of aromatic amines is 1. The van der Waals surface area contributed by atoms with Gasteiger partial charge in [0.05, 0.1) is 25.4 Å². The monoisotopic (exact) mass is 508 g/mol. The summed E-state index contributed by atoms with van der Waals surface area (Å²) in [6, 6.07) is 13.5. The van der Waals surface area contributed by atoms with E-state index in [4.69, 9.17) is 15.2 Å². The van der Waals surface area contributed by atoms with Crippen LogP contribution in [0.15, 0.2) is 53.8 Å². The van der Waals surface area contributed by atoms with E-state index in [2.05, 4.69) is 25.5 Å². The summed E-state index contributed by atoms with van der Waals surface area (Å²) in [5.74, 6) is 2.43. The molecule has 29 heavy (non-hydrogen) atoms. The normalized spacial score (nSPS) is 10.9. The van der Waals surface area contributed by atoms with E-state index >= 15 is 0 Å². The quantitative estimate of drug-likeness (QED) is 0.243. The first-order valence-corrected chi connectivity index (χ1v) is 9.10. The Labute approximate surface area is 187 Å². The molecule has 0 aliphatic rings. The third kappa shape index (κ3) is 6.34. The number of aromatic nitrogens is 3. The van der Waals surface area contributed by atoms with E-state index in [1.54, 1.807) is 0 Å². The van der Waals surface area contributed by atoms with Gasteiger partial charge in [-0.05, 0) is 37.6 Å². The minimum Gasteiger partial charge on any atom is -0.494 e. The number of nitrogens with zero attached hydrogens (tertiary/aromatic N) is 3. The van der Waals surface area contributed by atoms with Crippen LogP contribution in [0.3, 0.4) is 0 Å². The lowest BCUT2D eigenvalue weighted by Gasteiger charge is -2.14. The molecule has 8 nitrogen and oxygen atoms in total. The maximum absolute atomic E-state index is 6.09. The van der Waals surface area contributed by atoms with Crippen molar-refractivity contribution in [2.45, 2.75) is 20.4 Å². The molecule has 0 bridgehead atoms. The minimum absolute atomic E-state index is 0. The molecule has 0 unspecified atom stereocenters. The Morgan fingerprint density at radius 3 is 2.69 bits per heavy atom. The van der Waals surface area contributed by atoms with E-state index in [9.17, 15) is 0 Å². The summed E-state index contributed by atoms with van der Waals surface area (Å²) in [5.41, 5.74) is 8.75. The van der Waals surface area contributed by atoms with E-state index < -0.39 is 0 Å². The largest absolute Gasteiger partial charge is 0.494 e.